The number of hydroxylamine groups is 1. The van der Waals surface area contributed by atoms with E-state index >= 15 is 0 Å². The number of rotatable bonds is 12. The quantitative estimate of drug-likeness (QED) is 0.348. The van der Waals surface area contributed by atoms with Gasteiger partial charge >= 0.3 is 0 Å². The van der Waals surface area contributed by atoms with Gasteiger partial charge in [-0.15, -0.1) is 0 Å². The highest BCUT2D eigenvalue weighted by atomic mass is 16.5. The van der Waals surface area contributed by atoms with Crippen LogP contribution < -0.4 is 10.8 Å². The van der Waals surface area contributed by atoms with Gasteiger partial charge in [-0.1, -0.05) is 53.4 Å². The van der Waals surface area contributed by atoms with E-state index in [0.29, 0.717) is 12.3 Å². The molecule has 28 heavy (non-hydrogen) atoms. The van der Waals surface area contributed by atoms with Crippen LogP contribution in [0.25, 0.3) is 0 Å². The average molecular weight is 398 g/mol. The molecule has 0 bridgehead atoms. The van der Waals surface area contributed by atoms with Crippen molar-refractivity contribution in [2.75, 3.05) is 13.1 Å². The minimum absolute atomic E-state index is 0.0357. The highest BCUT2D eigenvalue weighted by Gasteiger charge is 2.33. The zero-order chi connectivity index (χ0) is 21.1. The van der Waals surface area contributed by atoms with E-state index in [0.717, 1.165) is 51.6 Å². The monoisotopic (exact) mass is 397 g/mol. The molecule has 0 aromatic carbocycles. The number of carbonyl (C=O) groups excluding carboxylic acids is 3. The van der Waals surface area contributed by atoms with Gasteiger partial charge in [0.25, 0.3) is 0 Å². The maximum atomic E-state index is 13.0. The Bertz CT molecular complexity index is 504. The fourth-order valence-corrected chi connectivity index (χ4v) is 3.86. The molecule has 3 N–H and O–H groups in total. The Morgan fingerprint density at radius 2 is 1.75 bits per heavy atom. The number of likely N-dealkylation sites (tertiary alicyclic amines) is 1. The van der Waals surface area contributed by atoms with Crippen molar-refractivity contribution in [2.45, 2.75) is 85.1 Å². The topological polar surface area (TPSA) is 98.7 Å². The summed E-state index contributed by atoms with van der Waals surface area (Å²) in [6.07, 6.45) is 6.62. The van der Waals surface area contributed by atoms with E-state index in [9.17, 15) is 14.4 Å². The number of nitrogens with one attached hydrogen (secondary N) is 2. The number of unbranched alkanes of at least 4 members (excludes halogenated alkanes) is 1. The molecular weight excluding hydrogens is 358 g/mol. The molecule has 0 aromatic rings. The van der Waals surface area contributed by atoms with Crippen LogP contribution in [0.15, 0.2) is 0 Å². The van der Waals surface area contributed by atoms with Crippen LogP contribution in [0.2, 0.25) is 0 Å². The molecule has 3 atom stereocenters. The third-order valence-electron chi connectivity index (χ3n) is 5.74. The van der Waals surface area contributed by atoms with Crippen LogP contribution in [-0.4, -0.2) is 47.0 Å². The van der Waals surface area contributed by atoms with Crippen molar-refractivity contribution in [1.82, 2.24) is 15.7 Å². The molecule has 1 aliphatic rings. The molecule has 7 nitrogen and oxygen atoms in total. The largest absolute Gasteiger partial charge is 0.344 e. The van der Waals surface area contributed by atoms with E-state index in [1.54, 1.807) is 5.48 Å². The second-order valence-electron chi connectivity index (χ2n) is 8.35. The lowest BCUT2D eigenvalue weighted by atomic mass is 9.86. The summed E-state index contributed by atoms with van der Waals surface area (Å²) in [6.45, 7) is 9.55. The minimum Gasteiger partial charge on any atom is -0.344 e. The lowest BCUT2D eigenvalue weighted by molar-refractivity contribution is -0.139. The van der Waals surface area contributed by atoms with Crippen LogP contribution in [0.1, 0.15) is 79.1 Å². The Hall–Kier alpha value is -1.63. The van der Waals surface area contributed by atoms with Crippen LogP contribution in [0, 0.1) is 17.8 Å². The first-order chi connectivity index (χ1) is 13.3. The molecule has 1 fully saturated rings. The smallest absolute Gasteiger partial charge is 0.245 e. The molecule has 0 saturated carbocycles. The van der Waals surface area contributed by atoms with Crippen LogP contribution in [-0.2, 0) is 14.4 Å². The molecule has 0 spiro atoms. The first-order valence-electron chi connectivity index (χ1n) is 10.9. The predicted molar refractivity (Wildman–Crippen MR) is 109 cm³/mol. The third-order valence-corrected chi connectivity index (χ3v) is 5.74. The molecule has 162 valence electrons. The Kier molecular flexibility index (Phi) is 11.1. The molecule has 0 radical (unpaired) electrons. The molecule has 3 amide bonds. The first-order valence-corrected chi connectivity index (χ1v) is 10.9. The second-order valence-corrected chi connectivity index (χ2v) is 8.35. The highest BCUT2D eigenvalue weighted by molar-refractivity contribution is 5.90. The van der Waals surface area contributed by atoms with E-state index in [1.165, 1.54) is 0 Å². The Morgan fingerprint density at radius 1 is 1.11 bits per heavy atom. The van der Waals surface area contributed by atoms with Crippen molar-refractivity contribution in [3.05, 3.63) is 0 Å². The number of hydrogen-bond acceptors (Lipinski definition) is 4. The first kappa shape index (κ1) is 24.4. The van der Waals surface area contributed by atoms with Gasteiger partial charge in [0.2, 0.25) is 17.7 Å². The summed E-state index contributed by atoms with van der Waals surface area (Å²) in [7, 11) is 0. The standard InChI is InChI=1S/C21H39N3O4/c1-5-7-10-16(6-2)13-17(14-18(25)23-28)20(26)22-19(15(3)4)21(27)24-11-8-9-12-24/h15-17,19,28H,5-14H2,1-4H3,(H,22,26)(H,23,25)/t16?,17?,19-/m0/s1. The maximum Gasteiger partial charge on any atom is 0.245 e. The molecule has 1 saturated heterocycles. The van der Waals surface area contributed by atoms with E-state index in [4.69, 9.17) is 5.21 Å². The summed E-state index contributed by atoms with van der Waals surface area (Å²) in [5, 5.41) is 11.8. The van der Waals surface area contributed by atoms with Gasteiger partial charge in [0.1, 0.15) is 6.04 Å². The van der Waals surface area contributed by atoms with Crippen LogP contribution in [0.4, 0.5) is 0 Å². The van der Waals surface area contributed by atoms with Gasteiger partial charge in [-0.25, -0.2) is 5.48 Å². The molecule has 1 heterocycles. The van der Waals surface area contributed by atoms with Crippen molar-refractivity contribution in [1.29, 1.82) is 0 Å². The summed E-state index contributed by atoms with van der Waals surface area (Å²) in [6, 6.07) is -0.582. The summed E-state index contributed by atoms with van der Waals surface area (Å²) in [5.74, 6) is -1.13. The molecule has 0 aliphatic carbocycles. The average Bonchev–Trinajstić information content (AvgIpc) is 3.22. The van der Waals surface area contributed by atoms with Crippen LogP contribution in [0.5, 0.6) is 0 Å². The molecular formula is C21H39N3O4. The SMILES string of the molecule is CCCCC(CC)CC(CC(=O)NO)C(=O)N[C@H](C(=O)N1CCCC1)C(C)C. The van der Waals surface area contributed by atoms with E-state index in [1.807, 2.05) is 18.7 Å². The van der Waals surface area contributed by atoms with Crippen molar-refractivity contribution in [2.24, 2.45) is 17.8 Å². The molecule has 1 rings (SSSR count). The Labute approximate surface area is 169 Å². The number of carbonyl (C=O) groups is 3. The zero-order valence-corrected chi connectivity index (χ0v) is 18.0. The van der Waals surface area contributed by atoms with Crippen LogP contribution in [0.3, 0.4) is 0 Å². The Balaban J connectivity index is 2.85. The van der Waals surface area contributed by atoms with Gasteiger partial charge in [-0.2, -0.15) is 0 Å². The Morgan fingerprint density at radius 3 is 2.25 bits per heavy atom. The molecule has 2 unspecified atom stereocenters. The highest BCUT2D eigenvalue weighted by Crippen LogP contribution is 2.24. The minimum atomic E-state index is -0.582. The fourth-order valence-electron chi connectivity index (χ4n) is 3.86. The normalized spacial score (nSPS) is 17.3. The van der Waals surface area contributed by atoms with Gasteiger partial charge in [0, 0.05) is 25.4 Å². The van der Waals surface area contributed by atoms with Gasteiger partial charge in [0.05, 0.1) is 0 Å². The lowest BCUT2D eigenvalue weighted by Gasteiger charge is -2.29. The van der Waals surface area contributed by atoms with Gasteiger partial charge in [0.15, 0.2) is 0 Å². The number of hydrogen-bond donors (Lipinski definition) is 3. The second kappa shape index (κ2) is 12.8. The summed E-state index contributed by atoms with van der Waals surface area (Å²) in [5.41, 5.74) is 1.63. The summed E-state index contributed by atoms with van der Waals surface area (Å²) >= 11 is 0. The van der Waals surface area contributed by atoms with E-state index in [-0.39, 0.29) is 24.2 Å². The molecule has 0 aromatic heterocycles. The van der Waals surface area contributed by atoms with E-state index in [2.05, 4.69) is 19.2 Å². The predicted octanol–water partition coefficient (Wildman–Crippen LogP) is 2.87. The fraction of sp³-hybridized carbons (Fsp3) is 0.857. The number of nitrogens with zero attached hydrogens (tertiary/aromatic N) is 1. The summed E-state index contributed by atoms with van der Waals surface area (Å²) < 4.78 is 0. The maximum absolute atomic E-state index is 13.0. The number of amides is 3. The van der Waals surface area contributed by atoms with Crippen molar-refractivity contribution >= 4 is 17.7 Å². The zero-order valence-electron chi connectivity index (χ0n) is 18.0. The van der Waals surface area contributed by atoms with Gasteiger partial charge < -0.3 is 10.2 Å². The molecule has 1 aliphatic heterocycles. The third kappa shape index (κ3) is 7.78. The van der Waals surface area contributed by atoms with Gasteiger partial charge in [-0.3, -0.25) is 19.6 Å². The van der Waals surface area contributed by atoms with Crippen molar-refractivity contribution in [3.8, 4) is 0 Å². The van der Waals surface area contributed by atoms with Crippen molar-refractivity contribution < 1.29 is 19.6 Å². The van der Waals surface area contributed by atoms with E-state index < -0.39 is 17.9 Å². The van der Waals surface area contributed by atoms with Crippen molar-refractivity contribution in [3.63, 3.8) is 0 Å². The van der Waals surface area contributed by atoms with Crippen LogP contribution >= 0.6 is 0 Å². The summed E-state index contributed by atoms with van der Waals surface area (Å²) in [4.78, 5) is 39.4. The molecule has 7 heteroatoms. The van der Waals surface area contributed by atoms with Gasteiger partial charge in [-0.05, 0) is 31.1 Å². The lowest BCUT2D eigenvalue weighted by Crippen LogP contribution is -2.52.